The number of fused-ring (bicyclic) bond motifs is 1. The highest BCUT2D eigenvalue weighted by molar-refractivity contribution is 5.92. The molecule has 26 heavy (non-hydrogen) atoms. The van der Waals surface area contributed by atoms with E-state index in [1.54, 1.807) is 0 Å². The van der Waals surface area contributed by atoms with Gasteiger partial charge in [0.15, 0.2) is 17.6 Å². The second kappa shape index (κ2) is 7.36. The third kappa shape index (κ3) is 3.26. The lowest BCUT2D eigenvalue weighted by Gasteiger charge is -2.17. The first-order valence-corrected chi connectivity index (χ1v) is 9.60. The van der Waals surface area contributed by atoms with Crippen LogP contribution in [0.4, 0.5) is 5.69 Å². The molecule has 132 valence electrons. The van der Waals surface area contributed by atoms with Gasteiger partial charge in [0.2, 0.25) is 0 Å². The van der Waals surface area contributed by atoms with Crippen molar-refractivity contribution in [1.82, 2.24) is 4.98 Å². The number of aryl methyl sites for hydroxylation is 2. The van der Waals surface area contributed by atoms with Crippen LogP contribution in [0.15, 0.2) is 53.9 Å². The van der Waals surface area contributed by atoms with E-state index in [9.17, 15) is 0 Å². The van der Waals surface area contributed by atoms with Crippen molar-refractivity contribution in [1.29, 1.82) is 0 Å². The maximum Gasteiger partial charge on any atom is 0.286 e. The molecule has 4 rings (SSSR count). The largest absolute Gasteiger partial charge is 0.286 e. The Labute approximate surface area is 155 Å². The molecule has 0 atom stereocenters. The number of nitrogens with zero attached hydrogens (tertiary/aromatic N) is 3. The summed E-state index contributed by atoms with van der Waals surface area (Å²) in [7, 11) is 2.05. The number of hydrogen-bond acceptors (Lipinski definition) is 2. The number of aromatic nitrogens is 2. The van der Waals surface area contributed by atoms with Crippen molar-refractivity contribution in [3.8, 4) is 11.3 Å². The van der Waals surface area contributed by atoms with Crippen LogP contribution in [0.5, 0.6) is 0 Å². The average molecular weight is 344 g/mol. The monoisotopic (exact) mass is 344 g/mol. The van der Waals surface area contributed by atoms with Gasteiger partial charge in [-0.3, -0.25) is 4.99 Å². The molecule has 1 fully saturated rings. The van der Waals surface area contributed by atoms with E-state index in [1.165, 1.54) is 54.0 Å². The molecule has 0 bridgehead atoms. The molecule has 0 spiro atoms. The first kappa shape index (κ1) is 16.9. The molecule has 1 aliphatic carbocycles. The third-order valence-electron chi connectivity index (χ3n) is 5.56. The summed E-state index contributed by atoms with van der Waals surface area (Å²) < 4.78 is 2.09. The molecular weight excluding hydrogens is 318 g/mol. The zero-order valence-corrected chi connectivity index (χ0v) is 15.7. The van der Waals surface area contributed by atoms with Crippen molar-refractivity contribution in [2.45, 2.75) is 39.0 Å². The van der Waals surface area contributed by atoms with Crippen LogP contribution >= 0.6 is 0 Å². The highest BCUT2D eigenvalue weighted by atomic mass is 15.0. The van der Waals surface area contributed by atoms with Crippen molar-refractivity contribution in [3.05, 3.63) is 54.5 Å². The molecule has 0 N–H and O–H groups in total. The summed E-state index contributed by atoms with van der Waals surface area (Å²) in [4.78, 5) is 9.26. The molecule has 1 aromatic heterocycles. The van der Waals surface area contributed by atoms with Crippen LogP contribution in [-0.4, -0.2) is 11.2 Å². The molecule has 3 nitrogen and oxygen atoms in total. The van der Waals surface area contributed by atoms with Gasteiger partial charge in [-0.15, -0.1) is 0 Å². The molecule has 0 saturated heterocycles. The van der Waals surface area contributed by atoms with Crippen LogP contribution in [0.2, 0.25) is 0 Å². The number of benzene rings is 2. The lowest BCUT2D eigenvalue weighted by Crippen LogP contribution is -2.31. The molecule has 2 aromatic carbocycles. The maximum absolute atomic E-state index is 4.88. The first-order chi connectivity index (χ1) is 12.7. The minimum absolute atomic E-state index is 0.611. The van der Waals surface area contributed by atoms with Crippen molar-refractivity contribution >= 4 is 22.7 Å². The van der Waals surface area contributed by atoms with Gasteiger partial charge in [-0.1, -0.05) is 54.6 Å². The fraction of sp³-hybridized carbons (Fsp3) is 0.348. The van der Waals surface area contributed by atoms with Gasteiger partial charge in [-0.2, -0.15) is 0 Å². The SMILES string of the molecule is Cc1c(-c2c(N=CC3CCCCC3)cnc[n+]2C)ccc2ccccc12. The molecule has 0 amide bonds. The Morgan fingerprint density at radius 3 is 2.73 bits per heavy atom. The molecule has 1 heterocycles. The minimum Gasteiger partial charge on any atom is -0.253 e. The first-order valence-electron chi connectivity index (χ1n) is 9.60. The van der Waals surface area contributed by atoms with Crippen LogP contribution in [0.1, 0.15) is 37.7 Å². The van der Waals surface area contributed by atoms with E-state index >= 15 is 0 Å². The maximum atomic E-state index is 4.88. The fourth-order valence-corrected chi connectivity index (χ4v) is 4.08. The Morgan fingerprint density at radius 2 is 1.88 bits per heavy atom. The summed E-state index contributed by atoms with van der Waals surface area (Å²) in [5.74, 6) is 0.611. The minimum atomic E-state index is 0.611. The summed E-state index contributed by atoms with van der Waals surface area (Å²) in [5.41, 5.74) is 4.61. The second-order valence-electron chi connectivity index (χ2n) is 7.37. The molecule has 1 saturated carbocycles. The van der Waals surface area contributed by atoms with E-state index in [0.717, 1.165) is 11.4 Å². The average Bonchev–Trinajstić information content (AvgIpc) is 2.68. The summed E-state index contributed by atoms with van der Waals surface area (Å²) in [6.45, 7) is 2.20. The van der Waals surface area contributed by atoms with Crippen molar-refractivity contribution < 1.29 is 4.57 Å². The topological polar surface area (TPSA) is 29.1 Å². The van der Waals surface area contributed by atoms with E-state index < -0.39 is 0 Å². The number of aliphatic imine (C=N–C) groups is 1. The highest BCUT2D eigenvalue weighted by Gasteiger charge is 2.18. The Hall–Kier alpha value is -2.55. The summed E-state index contributed by atoms with van der Waals surface area (Å²) in [6, 6.07) is 13.0. The molecule has 1 aliphatic rings. The quantitative estimate of drug-likeness (QED) is 0.467. The number of hydrogen-bond donors (Lipinski definition) is 0. The second-order valence-corrected chi connectivity index (χ2v) is 7.37. The predicted octanol–water partition coefficient (Wildman–Crippen LogP) is 5.32. The molecule has 0 aliphatic heterocycles. The van der Waals surface area contributed by atoms with E-state index in [1.807, 2.05) is 12.5 Å². The molecular formula is C23H26N3+. The van der Waals surface area contributed by atoms with Gasteiger partial charge < -0.3 is 0 Å². The van der Waals surface area contributed by atoms with Crippen LogP contribution in [0.25, 0.3) is 22.0 Å². The van der Waals surface area contributed by atoms with Crippen LogP contribution in [-0.2, 0) is 7.05 Å². The molecule has 0 radical (unpaired) electrons. The van der Waals surface area contributed by atoms with E-state index in [-0.39, 0.29) is 0 Å². The van der Waals surface area contributed by atoms with Crippen LogP contribution in [0.3, 0.4) is 0 Å². The zero-order valence-electron chi connectivity index (χ0n) is 15.7. The Kier molecular flexibility index (Phi) is 4.79. The van der Waals surface area contributed by atoms with Gasteiger partial charge in [0, 0.05) is 11.8 Å². The Morgan fingerprint density at radius 1 is 1.08 bits per heavy atom. The lowest BCUT2D eigenvalue weighted by atomic mass is 9.90. The Bertz CT molecular complexity index is 953. The standard InChI is InChI=1S/C23H26N3/c1-17-20-11-7-6-10-19(20)12-13-21(17)23-22(15-24-16-26(23)2)25-14-18-8-4-3-5-9-18/h6-7,10-16,18H,3-5,8-9H2,1-2H3/q+1. The smallest absolute Gasteiger partial charge is 0.253 e. The van der Waals surface area contributed by atoms with E-state index in [0.29, 0.717) is 5.92 Å². The fourth-order valence-electron chi connectivity index (χ4n) is 4.08. The van der Waals surface area contributed by atoms with E-state index in [2.05, 4.69) is 66.1 Å². The van der Waals surface area contributed by atoms with Crippen molar-refractivity contribution in [2.75, 3.05) is 0 Å². The van der Waals surface area contributed by atoms with Crippen LogP contribution < -0.4 is 4.57 Å². The van der Waals surface area contributed by atoms with Gasteiger partial charge in [-0.25, -0.2) is 4.57 Å². The zero-order chi connectivity index (χ0) is 17.9. The van der Waals surface area contributed by atoms with Gasteiger partial charge in [-0.05, 0) is 48.1 Å². The van der Waals surface area contributed by atoms with E-state index in [4.69, 9.17) is 4.99 Å². The molecule has 0 unspecified atom stereocenters. The molecule has 3 heteroatoms. The normalized spacial score (nSPS) is 15.8. The van der Waals surface area contributed by atoms with Gasteiger partial charge in [0.1, 0.15) is 0 Å². The Balaban J connectivity index is 1.79. The third-order valence-corrected chi connectivity index (χ3v) is 5.56. The van der Waals surface area contributed by atoms with Crippen molar-refractivity contribution in [3.63, 3.8) is 0 Å². The predicted molar refractivity (Wildman–Crippen MR) is 108 cm³/mol. The summed E-state index contributed by atoms with van der Waals surface area (Å²) >= 11 is 0. The van der Waals surface area contributed by atoms with Gasteiger partial charge >= 0.3 is 0 Å². The van der Waals surface area contributed by atoms with Crippen LogP contribution in [0, 0.1) is 12.8 Å². The lowest BCUT2D eigenvalue weighted by molar-refractivity contribution is -0.663. The van der Waals surface area contributed by atoms with Gasteiger partial charge in [0.05, 0.1) is 7.05 Å². The molecule has 3 aromatic rings. The van der Waals surface area contributed by atoms with Crippen molar-refractivity contribution in [2.24, 2.45) is 18.0 Å². The highest BCUT2D eigenvalue weighted by Crippen LogP contribution is 2.33. The van der Waals surface area contributed by atoms with Gasteiger partial charge in [0.25, 0.3) is 6.33 Å². The summed E-state index contributed by atoms with van der Waals surface area (Å²) in [6.07, 6.45) is 12.5. The summed E-state index contributed by atoms with van der Waals surface area (Å²) in [5, 5.41) is 2.57. The number of rotatable bonds is 3.